The third-order valence-corrected chi connectivity index (χ3v) is 2.53. The summed E-state index contributed by atoms with van der Waals surface area (Å²) in [7, 11) is 3.38. The van der Waals surface area contributed by atoms with Crippen molar-refractivity contribution in [1.29, 1.82) is 0 Å². The standard InChI is InChI=1S/C11H21N3O2/c1-5-6-12-8-11(2,15)10-9(16-4)7-13-14(10)3/h7,12,15H,5-6,8H2,1-4H3. The number of aryl methyl sites for hydroxylation is 1. The quantitative estimate of drug-likeness (QED) is 0.700. The van der Waals surface area contributed by atoms with E-state index in [0.717, 1.165) is 13.0 Å². The van der Waals surface area contributed by atoms with Crippen LogP contribution in [0.25, 0.3) is 0 Å². The molecular formula is C11H21N3O2. The van der Waals surface area contributed by atoms with Gasteiger partial charge in [0.05, 0.1) is 13.3 Å². The Morgan fingerprint density at radius 2 is 2.31 bits per heavy atom. The molecule has 16 heavy (non-hydrogen) atoms. The van der Waals surface area contributed by atoms with Gasteiger partial charge < -0.3 is 15.2 Å². The molecule has 0 saturated carbocycles. The first-order valence-electron chi connectivity index (χ1n) is 5.52. The Bertz CT molecular complexity index is 334. The summed E-state index contributed by atoms with van der Waals surface area (Å²) in [5.41, 5.74) is -0.287. The zero-order chi connectivity index (χ0) is 12.2. The predicted molar refractivity (Wildman–Crippen MR) is 62.5 cm³/mol. The van der Waals surface area contributed by atoms with Crippen molar-refractivity contribution in [2.24, 2.45) is 7.05 Å². The Labute approximate surface area is 96.4 Å². The molecule has 1 aromatic heterocycles. The fourth-order valence-electron chi connectivity index (χ4n) is 1.77. The highest BCUT2D eigenvalue weighted by atomic mass is 16.5. The van der Waals surface area contributed by atoms with E-state index in [2.05, 4.69) is 17.3 Å². The number of aromatic nitrogens is 2. The maximum absolute atomic E-state index is 10.4. The van der Waals surface area contributed by atoms with Crippen molar-refractivity contribution in [1.82, 2.24) is 15.1 Å². The third kappa shape index (κ3) is 2.74. The van der Waals surface area contributed by atoms with Crippen LogP contribution in [0.2, 0.25) is 0 Å². The summed E-state index contributed by atoms with van der Waals surface area (Å²) in [4.78, 5) is 0. The largest absolute Gasteiger partial charge is 0.493 e. The van der Waals surface area contributed by atoms with Gasteiger partial charge in [-0.1, -0.05) is 6.92 Å². The summed E-state index contributed by atoms with van der Waals surface area (Å²) in [5.74, 6) is 0.616. The van der Waals surface area contributed by atoms with E-state index in [9.17, 15) is 5.11 Å². The van der Waals surface area contributed by atoms with Gasteiger partial charge in [0.25, 0.3) is 0 Å². The van der Waals surface area contributed by atoms with E-state index in [1.165, 1.54) is 0 Å². The lowest BCUT2D eigenvalue weighted by atomic mass is 10.0. The van der Waals surface area contributed by atoms with Gasteiger partial charge in [0.1, 0.15) is 11.3 Å². The third-order valence-electron chi connectivity index (χ3n) is 2.53. The molecule has 0 spiro atoms. The molecule has 1 atom stereocenters. The molecule has 0 aliphatic carbocycles. The molecule has 92 valence electrons. The van der Waals surface area contributed by atoms with Crippen molar-refractivity contribution < 1.29 is 9.84 Å². The number of nitrogens with one attached hydrogen (secondary N) is 1. The molecule has 5 heteroatoms. The second-order valence-corrected chi connectivity index (χ2v) is 4.14. The molecule has 1 aromatic rings. The lowest BCUT2D eigenvalue weighted by Crippen LogP contribution is -2.37. The number of ether oxygens (including phenoxy) is 1. The van der Waals surface area contributed by atoms with Crippen LogP contribution in [0.4, 0.5) is 0 Å². The SMILES string of the molecule is CCCNCC(C)(O)c1c(OC)cnn1C. The molecule has 2 N–H and O–H groups in total. The summed E-state index contributed by atoms with van der Waals surface area (Å²) < 4.78 is 6.83. The summed E-state index contributed by atoms with van der Waals surface area (Å²) >= 11 is 0. The molecular weight excluding hydrogens is 206 g/mol. The first-order chi connectivity index (χ1) is 7.53. The van der Waals surface area contributed by atoms with Crippen molar-refractivity contribution in [2.75, 3.05) is 20.2 Å². The Kier molecular flexibility index (Phi) is 4.32. The summed E-state index contributed by atoms with van der Waals surface area (Å²) in [5, 5.41) is 17.7. The first-order valence-corrected chi connectivity index (χ1v) is 5.52. The van der Waals surface area contributed by atoms with E-state index in [0.29, 0.717) is 18.0 Å². The lowest BCUT2D eigenvalue weighted by Gasteiger charge is -2.24. The van der Waals surface area contributed by atoms with E-state index >= 15 is 0 Å². The fraction of sp³-hybridized carbons (Fsp3) is 0.727. The Hall–Kier alpha value is -1.07. The number of hydrogen-bond acceptors (Lipinski definition) is 4. The number of rotatable bonds is 6. The van der Waals surface area contributed by atoms with Gasteiger partial charge >= 0.3 is 0 Å². The van der Waals surface area contributed by atoms with E-state index in [-0.39, 0.29) is 0 Å². The van der Waals surface area contributed by atoms with Crippen LogP contribution in [0.5, 0.6) is 5.75 Å². The van der Waals surface area contributed by atoms with Crippen LogP contribution >= 0.6 is 0 Å². The minimum absolute atomic E-state index is 0.483. The van der Waals surface area contributed by atoms with Crippen LogP contribution in [0.1, 0.15) is 26.0 Å². The monoisotopic (exact) mass is 227 g/mol. The van der Waals surface area contributed by atoms with E-state index in [1.807, 2.05) is 0 Å². The molecule has 5 nitrogen and oxygen atoms in total. The van der Waals surface area contributed by atoms with Gasteiger partial charge in [-0.15, -0.1) is 0 Å². The molecule has 1 heterocycles. The minimum Gasteiger partial charge on any atom is -0.493 e. The van der Waals surface area contributed by atoms with Crippen molar-refractivity contribution in [3.8, 4) is 5.75 Å². The smallest absolute Gasteiger partial charge is 0.162 e. The number of methoxy groups -OCH3 is 1. The van der Waals surface area contributed by atoms with Gasteiger partial charge in [-0.3, -0.25) is 4.68 Å². The minimum atomic E-state index is -0.980. The molecule has 1 unspecified atom stereocenters. The molecule has 0 fully saturated rings. The average molecular weight is 227 g/mol. The zero-order valence-electron chi connectivity index (χ0n) is 10.4. The van der Waals surface area contributed by atoms with Gasteiger partial charge in [0.2, 0.25) is 0 Å². The molecule has 0 aliphatic heterocycles. The van der Waals surface area contributed by atoms with Crippen LogP contribution in [0.15, 0.2) is 6.20 Å². The molecule has 0 bridgehead atoms. The maximum atomic E-state index is 10.4. The van der Waals surface area contributed by atoms with E-state index in [4.69, 9.17) is 4.74 Å². The van der Waals surface area contributed by atoms with Crippen molar-refractivity contribution in [3.05, 3.63) is 11.9 Å². The van der Waals surface area contributed by atoms with Crippen LogP contribution in [-0.2, 0) is 12.6 Å². The molecule has 0 aliphatic rings. The normalized spacial score (nSPS) is 14.8. The molecule has 0 radical (unpaired) electrons. The Morgan fingerprint density at radius 1 is 1.62 bits per heavy atom. The van der Waals surface area contributed by atoms with Crippen LogP contribution in [0, 0.1) is 0 Å². The van der Waals surface area contributed by atoms with Gasteiger partial charge in [0, 0.05) is 13.6 Å². The first kappa shape index (κ1) is 13.0. The summed E-state index contributed by atoms with van der Waals surface area (Å²) in [6.07, 6.45) is 2.65. The van der Waals surface area contributed by atoms with Gasteiger partial charge in [-0.05, 0) is 19.9 Å². The second kappa shape index (κ2) is 5.32. The number of nitrogens with zero attached hydrogens (tertiary/aromatic N) is 2. The Balaban J connectivity index is 2.83. The zero-order valence-corrected chi connectivity index (χ0v) is 10.4. The molecule has 1 rings (SSSR count). The van der Waals surface area contributed by atoms with Crippen molar-refractivity contribution in [2.45, 2.75) is 25.9 Å². The second-order valence-electron chi connectivity index (χ2n) is 4.14. The molecule has 0 saturated heterocycles. The lowest BCUT2D eigenvalue weighted by molar-refractivity contribution is 0.0462. The van der Waals surface area contributed by atoms with Gasteiger partial charge in [0.15, 0.2) is 5.75 Å². The highest BCUT2D eigenvalue weighted by Crippen LogP contribution is 2.28. The molecule has 0 aromatic carbocycles. The average Bonchev–Trinajstić information content (AvgIpc) is 2.60. The van der Waals surface area contributed by atoms with Gasteiger partial charge in [-0.2, -0.15) is 5.10 Å². The summed E-state index contributed by atoms with van der Waals surface area (Å²) in [6.45, 7) is 5.22. The van der Waals surface area contributed by atoms with Crippen molar-refractivity contribution in [3.63, 3.8) is 0 Å². The highest BCUT2D eigenvalue weighted by Gasteiger charge is 2.30. The fourth-order valence-corrected chi connectivity index (χ4v) is 1.77. The van der Waals surface area contributed by atoms with Crippen LogP contribution < -0.4 is 10.1 Å². The summed E-state index contributed by atoms with van der Waals surface area (Å²) in [6, 6.07) is 0. The molecule has 0 amide bonds. The van der Waals surface area contributed by atoms with Crippen LogP contribution in [0.3, 0.4) is 0 Å². The van der Waals surface area contributed by atoms with Gasteiger partial charge in [-0.25, -0.2) is 0 Å². The number of aliphatic hydroxyl groups is 1. The van der Waals surface area contributed by atoms with Crippen molar-refractivity contribution >= 4 is 0 Å². The number of hydrogen-bond donors (Lipinski definition) is 2. The van der Waals surface area contributed by atoms with E-state index < -0.39 is 5.60 Å². The predicted octanol–water partition coefficient (Wildman–Crippen LogP) is 0.636. The Morgan fingerprint density at radius 3 is 2.88 bits per heavy atom. The van der Waals surface area contributed by atoms with Crippen LogP contribution in [-0.4, -0.2) is 35.1 Å². The van der Waals surface area contributed by atoms with E-state index in [1.54, 1.807) is 32.0 Å². The maximum Gasteiger partial charge on any atom is 0.162 e. The topological polar surface area (TPSA) is 59.3 Å². The highest BCUT2D eigenvalue weighted by molar-refractivity contribution is 5.30.